The summed E-state index contributed by atoms with van der Waals surface area (Å²) >= 11 is 0.806. The zero-order valence-corrected chi connectivity index (χ0v) is 17.6. The molecule has 2 aromatic carbocycles. The molecule has 1 fully saturated rings. The number of hydrogen-bond acceptors (Lipinski definition) is 6. The molecule has 0 bridgehead atoms. The number of carbonyl (C=O) groups is 3. The Morgan fingerprint density at radius 3 is 2.68 bits per heavy atom. The quantitative estimate of drug-likeness (QED) is 0.706. The molecule has 1 saturated heterocycles. The lowest BCUT2D eigenvalue weighted by Gasteiger charge is -2.30. The van der Waals surface area contributed by atoms with Crippen LogP contribution in [0.25, 0.3) is 6.08 Å². The Labute approximate surface area is 181 Å². The minimum atomic E-state index is -1.37. The molecule has 2 aromatic rings. The van der Waals surface area contributed by atoms with Crippen molar-refractivity contribution >= 4 is 40.6 Å². The monoisotopic (exact) mass is 442 g/mol. The molecule has 2 aliphatic rings. The number of carbonyl (C=O) groups excluding carboxylic acids is 3. The summed E-state index contributed by atoms with van der Waals surface area (Å²) in [5, 5.41) is 12.0. The predicted molar refractivity (Wildman–Crippen MR) is 114 cm³/mol. The van der Waals surface area contributed by atoms with Crippen LogP contribution in [0.3, 0.4) is 0 Å². The Kier molecular flexibility index (Phi) is 5.32. The van der Waals surface area contributed by atoms with Crippen LogP contribution < -0.4 is 15.0 Å². The van der Waals surface area contributed by atoms with Gasteiger partial charge >= 0.3 is 0 Å². The third kappa shape index (κ3) is 4.33. The van der Waals surface area contributed by atoms with Gasteiger partial charge in [-0.25, -0.2) is 4.39 Å². The average Bonchev–Trinajstić information content (AvgIpc) is 3.01. The average molecular weight is 442 g/mol. The molecule has 0 unspecified atom stereocenters. The smallest absolute Gasteiger partial charge is 0.290 e. The number of halogens is 1. The van der Waals surface area contributed by atoms with Gasteiger partial charge in [-0.1, -0.05) is 12.1 Å². The fourth-order valence-electron chi connectivity index (χ4n) is 3.38. The first-order chi connectivity index (χ1) is 14.6. The molecular formula is C22H19FN2O5S. The van der Waals surface area contributed by atoms with Crippen LogP contribution in [0.2, 0.25) is 0 Å². The van der Waals surface area contributed by atoms with Crippen LogP contribution in [0.1, 0.15) is 30.5 Å². The van der Waals surface area contributed by atoms with Gasteiger partial charge in [0.2, 0.25) is 0 Å². The molecule has 9 heteroatoms. The van der Waals surface area contributed by atoms with Crippen molar-refractivity contribution in [2.45, 2.75) is 26.0 Å². The lowest BCUT2D eigenvalue weighted by molar-refractivity contribution is -0.121. The Balaban J connectivity index is 1.68. The van der Waals surface area contributed by atoms with E-state index in [1.165, 1.54) is 30.9 Å². The van der Waals surface area contributed by atoms with Crippen molar-refractivity contribution in [3.8, 4) is 5.75 Å². The minimum absolute atomic E-state index is 0.137. The molecule has 31 heavy (non-hydrogen) atoms. The van der Waals surface area contributed by atoms with Gasteiger partial charge in [-0.15, -0.1) is 0 Å². The van der Waals surface area contributed by atoms with E-state index in [0.717, 1.165) is 11.8 Å². The summed E-state index contributed by atoms with van der Waals surface area (Å²) < 4.78 is 19.7. The highest BCUT2D eigenvalue weighted by Gasteiger charge is 2.28. The SMILES string of the molecule is CC(C)(O)c1cc(CN2C(=O)COc3ccc(C=C4SC(=O)NC4=O)cc32)ccc1F. The molecule has 2 heterocycles. The zero-order valence-electron chi connectivity index (χ0n) is 16.8. The normalized spacial score (nSPS) is 17.6. The number of benzene rings is 2. The van der Waals surface area contributed by atoms with Gasteiger partial charge in [-0.05, 0) is 67.1 Å². The van der Waals surface area contributed by atoms with Crippen LogP contribution >= 0.6 is 11.8 Å². The molecular weight excluding hydrogens is 423 g/mol. The maximum Gasteiger partial charge on any atom is 0.290 e. The number of fused-ring (bicyclic) bond motifs is 1. The number of hydrogen-bond donors (Lipinski definition) is 2. The summed E-state index contributed by atoms with van der Waals surface area (Å²) in [6.45, 7) is 2.99. The van der Waals surface area contributed by atoms with Gasteiger partial charge in [0.1, 0.15) is 11.6 Å². The van der Waals surface area contributed by atoms with Gasteiger partial charge in [0.15, 0.2) is 6.61 Å². The van der Waals surface area contributed by atoms with Gasteiger partial charge in [-0.2, -0.15) is 0 Å². The maximum absolute atomic E-state index is 14.1. The molecule has 2 aliphatic heterocycles. The van der Waals surface area contributed by atoms with E-state index < -0.39 is 22.6 Å². The van der Waals surface area contributed by atoms with E-state index in [4.69, 9.17) is 4.74 Å². The molecule has 0 atom stereocenters. The highest BCUT2D eigenvalue weighted by Crippen LogP contribution is 2.36. The van der Waals surface area contributed by atoms with Crippen LogP contribution in [0.5, 0.6) is 5.75 Å². The summed E-state index contributed by atoms with van der Waals surface area (Å²) in [6, 6.07) is 9.46. The van der Waals surface area contributed by atoms with E-state index in [9.17, 15) is 23.9 Å². The van der Waals surface area contributed by atoms with Gasteiger partial charge in [0.25, 0.3) is 17.1 Å². The molecule has 0 aliphatic carbocycles. The maximum atomic E-state index is 14.1. The number of imide groups is 1. The summed E-state index contributed by atoms with van der Waals surface area (Å²) in [7, 11) is 0. The van der Waals surface area contributed by atoms with Gasteiger partial charge in [0, 0.05) is 5.56 Å². The lowest BCUT2D eigenvalue weighted by Crippen LogP contribution is -2.38. The Morgan fingerprint density at radius 1 is 1.23 bits per heavy atom. The van der Waals surface area contributed by atoms with E-state index in [-0.39, 0.29) is 29.5 Å². The Morgan fingerprint density at radius 2 is 2.00 bits per heavy atom. The predicted octanol–water partition coefficient (Wildman–Crippen LogP) is 3.30. The number of nitrogens with zero attached hydrogens (tertiary/aromatic N) is 1. The molecule has 0 saturated carbocycles. The van der Waals surface area contributed by atoms with Crippen molar-refractivity contribution < 1.29 is 28.6 Å². The number of aliphatic hydroxyl groups is 1. The van der Waals surface area contributed by atoms with Crippen LogP contribution in [-0.2, 0) is 21.7 Å². The number of rotatable bonds is 4. The van der Waals surface area contributed by atoms with E-state index in [0.29, 0.717) is 22.6 Å². The number of nitrogens with one attached hydrogen (secondary N) is 1. The fraction of sp³-hybridized carbons (Fsp3) is 0.227. The van der Waals surface area contributed by atoms with Crippen LogP contribution in [0, 0.1) is 5.82 Å². The standard InChI is InChI=1S/C22H19FN2O5S/c1-22(2,29)14-7-13(3-5-15(14)23)10-25-16-8-12(4-6-17(16)30-11-19(25)26)9-18-20(27)24-21(28)31-18/h3-9,29H,10-11H2,1-2H3,(H,24,27,28). The van der Waals surface area contributed by atoms with E-state index in [1.807, 2.05) is 0 Å². The third-order valence-corrected chi connectivity index (χ3v) is 5.71. The second kappa shape index (κ2) is 7.82. The Hall–Kier alpha value is -3.17. The Bertz CT molecular complexity index is 1140. The largest absolute Gasteiger partial charge is 0.482 e. The summed E-state index contributed by atoms with van der Waals surface area (Å²) in [5.74, 6) is -0.788. The highest BCUT2D eigenvalue weighted by atomic mass is 32.2. The first kappa shape index (κ1) is 21.1. The molecule has 0 radical (unpaired) electrons. The number of amides is 3. The van der Waals surface area contributed by atoms with Crippen molar-refractivity contribution in [2.24, 2.45) is 0 Å². The second-order valence-corrected chi connectivity index (χ2v) is 8.74. The number of ether oxygens (including phenoxy) is 1. The second-order valence-electron chi connectivity index (χ2n) is 7.72. The van der Waals surface area contributed by atoms with Crippen LogP contribution in [0.4, 0.5) is 14.9 Å². The summed E-state index contributed by atoms with van der Waals surface area (Å²) in [5.41, 5.74) is 0.516. The number of anilines is 1. The van der Waals surface area contributed by atoms with Crippen molar-refractivity contribution in [3.05, 3.63) is 63.8 Å². The van der Waals surface area contributed by atoms with Crippen molar-refractivity contribution in [2.75, 3.05) is 11.5 Å². The molecule has 4 rings (SSSR count). The van der Waals surface area contributed by atoms with Crippen molar-refractivity contribution in [1.82, 2.24) is 5.32 Å². The zero-order chi connectivity index (χ0) is 22.3. The third-order valence-electron chi connectivity index (χ3n) is 4.90. The van der Waals surface area contributed by atoms with Crippen LogP contribution in [0.15, 0.2) is 41.3 Å². The molecule has 0 aromatic heterocycles. The number of thioether (sulfide) groups is 1. The van der Waals surface area contributed by atoms with E-state index >= 15 is 0 Å². The minimum Gasteiger partial charge on any atom is -0.482 e. The lowest BCUT2D eigenvalue weighted by atomic mass is 9.95. The van der Waals surface area contributed by atoms with E-state index in [2.05, 4.69) is 5.32 Å². The molecule has 2 N–H and O–H groups in total. The van der Waals surface area contributed by atoms with Gasteiger partial charge < -0.3 is 14.7 Å². The summed E-state index contributed by atoms with van der Waals surface area (Å²) in [6.07, 6.45) is 1.56. The first-order valence-corrected chi connectivity index (χ1v) is 10.3. The molecule has 160 valence electrons. The van der Waals surface area contributed by atoms with E-state index in [1.54, 1.807) is 30.3 Å². The van der Waals surface area contributed by atoms with Gasteiger partial charge in [0.05, 0.1) is 22.7 Å². The van der Waals surface area contributed by atoms with Crippen LogP contribution in [-0.4, -0.2) is 28.8 Å². The summed E-state index contributed by atoms with van der Waals surface area (Å²) in [4.78, 5) is 37.6. The topological polar surface area (TPSA) is 95.9 Å². The van der Waals surface area contributed by atoms with Crippen molar-refractivity contribution in [3.63, 3.8) is 0 Å². The van der Waals surface area contributed by atoms with Crippen molar-refractivity contribution in [1.29, 1.82) is 0 Å². The highest BCUT2D eigenvalue weighted by molar-refractivity contribution is 8.18. The molecule has 0 spiro atoms. The fourth-order valence-corrected chi connectivity index (χ4v) is 4.06. The molecule has 3 amide bonds. The molecule has 7 nitrogen and oxygen atoms in total. The first-order valence-electron chi connectivity index (χ1n) is 9.45. The van der Waals surface area contributed by atoms with Gasteiger partial charge in [-0.3, -0.25) is 19.7 Å².